The molecule has 3 rings (SSSR count). The van der Waals surface area contributed by atoms with Gasteiger partial charge in [-0.3, -0.25) is 4.79 Å². The van der Waals surface area contributed by atoms with Crippen LogP contribution in [0, 0.1) is 5.82 Å². The van der Waals surface area contributed by atoms with E-state index in [1.807, 2.05) is 18.2 Å². The Morgan fingerprint density at radius 1 is 1.05 bits per heavy atom. The molecule has 1 aliphatic heterocycles. The maximum atomic E-state index is 13.7. The number of hydrazone groups is 1. The van der Waals surface area contributed by atoms with E-state index in [2.05, 4.69) is 5.10 Å². The lowest BCUT2D eigenvalue weighted by Crippen LogP contribution is -2.21. The van der Waals surface area contributed by atoms with Gasteiger partial charge in [0.25, 0.3) is 5.91 Å². The molecule has 21 heavy (non-hydrogen) atoms. The van der Waals surface area contributed by atoms with Crippen LogP contribution in [-0.2, 0) is 4.79 Å². The summed E-state index contributed by atoms with van der Waals surface area (Å²) < 4.78 is 13.7. The van der Waals surface area contributed by atoms with Crippen molar-refractivity contribution in [2.24, 2.45) is 5.10 Å². The third-order valence-electron chi connectivity index (χ3n) is 3.27. The summed E-state index contributed by atoms with van der Waals surface area (Å²) in [7, 11) is 0. The van der Waals surface area contributed by atoms with Crippen LogP contribution in [0.2, 0.25) is 0 Å². The molecule has 0 aliphatic carbocycles. The average molecular weight is 280 g/mol. The number of amides is 1. The predicted molar refractivity (Wildman–Crippen MR) is 81.4 cm³/mol. The minimum Gasteiger partial charge on any atom is -0.267 e. The van der Waals surface area contributed by atoms with Gasteiger partial charge >= 0.3 is 0 Å². The lowest BCUT2D eigenvalue weighted by Gasteiger charge is -2.11. The van der Waals surface area contributed by atoms with Gasteiger partial charge < -0.3 is 0 Å². The fourth-order valence-electron chi connectivity index (χ4n) is 2.18. The van der Waals surface area contributed by atoms with E-state index in [0.29, 0.717) is 22.5 Å². The first kappa shape index (κ1) is 13.2. The summed E-state index contributed by atoms with van der Waals surface area (Å²) in [5, 5.41) is 5.59. The van der Waals surface area contributed by atoms with Crippen molar-refractivity contribution in [2.75, 3.05) is 5.01 Å². The fraction of sp³-hybridized carbons (Fsp3) is 0.0588. The zero-order valence-corrected chi connectivity index (χ0v) is 11.5. The van der Waals surface area contributed by atoms with Crippen molar-refractivity contribution < 1.29 is 9.18 Å². The first-order valence-corrected chi connectivity index (χ1v) is 6.58. The van der Waals surface area contributed by atoms with Gasteiger partial charge in [-0.2, -0.15) is 10.1 Å². The maximum absolute atomic E-state index is 13.7. The molecule has 4 heteroatoms. The monoisotopic (exact) mass is 280 g/mol. The van der Waals surface area contributed by atoms with Gasteiger partial charge in [-0.1, -0.05) is 36.4 Å². The third-order valence-corrected chi connectivity index (χ3v) is 3.27. The molecule has 0 N–H and O–H groups in total. The van der Waals surface area contributed by atoms with Crippen LogP contribution in [0.1, 0.15) is 12.5 Å². The third kappa shape index (κ3) is 2.48. The number of para-hydroxylation sites is 1. The molecule has 2 aromatic rings. The highest BCUT2D eigenvalue weighted by atomic mass is 19.1. The molecule has 0 atom stereocenters. The Kier molecular flexibility index (Phi) is 3.36. The largest absolute Gasteiger partial charge is 0.280 e. The molecule has 0 aromatic heterocycles. The summed E-state index contributed by atoms with van der Waals surface area (Å²) >= 11 is 0. The topological polar surface area (TPSA) is 32.7 Å². The van der Waals surface area contributed by atoms with Gasteiger partial charge in [0.2, 0.25) is 0 Å². The number of hydrogen-bond donors (Lipinski definition) is 0. The smallest absolute Gasteiger partial charge is 0.267 e. The van der Waals surface area contributed by atoms with Crippen LogP contribution in [0.15, 0.2) is 65.3 Å². The van der Waals surface area contributed by atoms with Gasteiger partial charge in [0.15, 0.2) is 0 Å². The molecule has 1 aliphatic rings. The van der Waals surface area contributed by atoms with Gasteiger partial charge in [-0.15, -0.1) is 0 Å². The Balaban J connectivity index is 1.98. The minimum absolute atomic E-state index is 0.248. The van der Waals surface area contributed by atoms with Gasteiger partial charge in [0.05, 0.1) is 17.0 Å². The van der Waals surface area contributed by atoms with Crippen LogP contribution in [-0.4, -0.2) is 11.6 Å². The maximum Gasteiger partial charge on any atom is 0.280 e. The zero-order chi connectivity index (χ0) is 14.8. The number of hydrogen-bond acceptors (Lipinski definition) is 2. The summed E-state index contributed by atoms with van der Waals surface area (Å²) in [5.74, 6) is -0.606. The molecule has 3 nitrogen and oxygen atoms in total. The molecule has 0 saturated carbocycles. The second kappa shape index (κ2) is 5.32. The Bertz CT molecular complexity index is 750. The summed E-state index contributed by atoms with van der Waals surface area (Å²) in [6, 6.07) is 15.5. The molecule has 0 radical (unpaired) electrons. The van der Waals surface area contributed by atoms with E-state index in [4.69, 9.17) is 0 Å². The highest BCUT2D eigenvalue weighted by molar-refractivity contribution is 6.32. The molecule has 1 heterocycles. The second-order valence-electron chi connectivity index (χ2n) is 4.72. The molecule has 1 amide bonds. The normalized spacial score (nSPS) is 16.5. The summed E-state index contributed by atoms with van der Waals surface area (Å²) in [5.41, 5.74) is 2.06. The average Bonchev–Trinajstić information content (AvgIpc) is 2.78. The van der Waals surface area contributed by atoms with Crippen LogP contribution >= 0.6 is 0 Å². The van der Waals surface area contributed by atoms with Crippen molar-refractivity contribution in [3.8, 4) is 0 Å². The van der Waals surface area contributed by atoms with Crippen LogP contribution in [0.25, 0.3) is 6.08 Å². The predicted octanol–water partition coefficient (Wildman–Crippen LogP) is 3.63. The number of halogens is 1. The number of benzene rings is 2. The van der Waals surface area contributed by atoms with Crippen molar-refractivity contribution in [2.45, 2.75) is 6.92 Å². The zero-order valence-electron chi connectivity index (χ0n) is 11.5. The Morgan fingerprint density at radius 2 is 1.71 bits per heavy atom. The van der Waals surface area contributed by atoms with Crippen LogP contribution in [0.5, 0.6) is 0 Å². The van der Waals surface area contributed by atoms with Crippen LogP contribution in [0.4, 0.5) is 10.1 Å². The summed E-state index contributed by atoms with van der Waals surface area (Å²) in [6.45, 7) is 1.74. The van der Waals surface area contributed by atoms with Crippen molar-refractivity contribution in [3.63, 3.8) is 0 Å². The Morgan fingerprint density at radius 3 is 2.43 bits per heavy atom. The first-order chi connectivity index (χ1) is 10.2. The molecule has 0 spiro atoms. The van der Waals surface area contributed by atoms with Gasteiger partial charge in [-0.25, -0.2) is 4.39 Å². The Hall–Kier alpha value is -2.75. The Labute approximate surface area is 122 Å². The highest BCUT2D eigenvalue weighted by Gasteiger charge is 2.28. The van der Waals surface area contributed by atoms with Gasteiger partial charge in [0, 0.05) is 5.56 Å². The van der Waals surface area contributed by atoms with Crippen molar-refractivity contribution in [1.29, 1.82) is 0 Å². The minimum atomic E-state index is -0.358. The fourth-order valence-corrected chi connectivity index (χ4v) is 2.18. The summed E-state index contributed by atoms with van der Waals surface area (Å²) in [6.07, 6.45) is 1.54. The van der Waals surface area contributed by atoms with Crippen molar-refractivity contribution in [3.05, 3.63) is 71.6 Å². The van der Waals surface area contributed by atoms with E-state index in [9.17, 15) is 9.18 Å². The lowest BCUT2D eigenvalue weighted by atomic mass is 10.1. The van der Waals surface area contributed by atoms with E-state index in [-0.39, 0.29) is 11.7 Å². The number of anilines is 1. The summed E-state index contributed by atoms with van der Waals surface area (Å²) in [4.78, 5) is 12.5. The highest BCUT2D eigenvalue weighted by Crippen LogP contribution is 2.25. The molecular weight excluding hydrogens is 267 g/mol. The standard InChI is InChI=1S/C17H13FN2O/c1-12-15(11-13-7-5-6-10-16(13)18)17(21)20(19-12)14-8-3-2-4-9-14/h2-11H,1H3. The molecule has 2 aromatic carbocycles. The van der Waals surface area contributed by atoms with E-state index in [1.165, 1.54) is 11.1 Å². The lowest BCUT2D eigenvalue weighted by molar-refractivity contribution is -0.114. The first-order valence-electron chi connectivity index (χ1n) is 6.58. The van der Waals surface area contributed by atoms with Gasteiger partial charge in [-0.05, 0) is 31.2 Å². The molecular formula is C17H13FN2O. The SMILES string of the molecule is CC1=NN(c2ccccc2)C(=O)C1=Cc1ccccc1F. The van der Waals surface area contributed by atoms with E-state index >= 15 is 0 Å². The van der Waals surface area contributed by atoms with E-state index < -0.39 is 0 Å². The molecule has 0 fully saturated rings. The number of carbonyl (C=O) groups is 1. The van der Waals surface area contributed by atoms with Crippen molar-refractivity contribution >= 4 is 23.4 Å². The quantitative estimate of drug-likeness (QED) is 0.773. The van der Waals surface area contributed by atoms with Crippen LogP contribution in [0.3, 0.4) is 0 Å². The van der Waals surface area contributed by atoms with Crippen molar-refractivity contribution in [1.82, 2.24) is 0 Å². The molecule has 0 saturated heterocycles. The molecule has 104 valence electrons. The second-order valence-corrected chi connectivity index (χ2v) is 4.72. The number of rotatable bonds is 2. The molecule has 0 unspecified atom stereocenters. The molecule has 0 bridgehead atoms. The number of nitrogens with zero attached hydrogens (tertiary/aromatic N) is 2. The van der Waals surface area contributed by atoms with Crippen LogP contribution < -0.4 is 5.01 Å². The van der Waals surface area contributed by atoms with E-state index in [1.54, 1.807) is 43.3 Å². The van der Waals surface area contributed by atoms with E-state index in [0.717, 1.165) is 0 Å². The van der Waals surface area contributed by atoms with Gasteiger partial charge in [0.1, 0.15) is 5.82 Å². The number of carbonyl (C=O) groups excluding carboxylic acids is 1.